The molecule has 2 rings (SSSR count). The molecule has 0 radical (unpaired) electrons. The second kappa shape index (κ2) is 5.54. The second-order valence-electron chi connectivity index (χ2n) is 5.03. The molecule has 2 unspecified atom stereocenters. The molecule has 1 aliphatic carbocycles. The molecule has 0 heterocycles. The SMILES string of the molecule is CCC(N)C(C)Oc1ccc2c(c1)CCCC2. The number of rotatable bonds is 4. The van der Waals surface area contributed by atoms with Crippen LogP contribution in [0, 0.1) is 0 Å². The molecule has 0 fully saturated rings. The van der Waals surface area contributed by atoms with Gasteiger partial charge in [0.25, 0.3) is 0 Å². The maximum Gasteiger partial charge on any atom is 0.120 e. The zero-order valence-electron chi connectivity index (χ0n) is 10.9. The van der Waals surface area contributed by atoms with Crippen molar-refractivity contribution < 1.29 is 4.74 Å². The van der Waals surface area contributed by atoms with Crippen LogP contribution in [0.4, 0.5) is 0 Å². The van der Waals surface area contributed by atoms with Crippen LogP contribution in [0.2, 0.25) is 0 Å². The molecule has 1 aromatic carbocycles. The quantitative estimate of drug-likeness (QED) is 0.867. The first kappa shape index (κ1) is 12.4. The third kappa shape index (κ3) is 3.01. The molecule has 2 nitrogen and oxygen atoms in total. The Morgan fingerprint density at radius 3 is 2.65 bits per heavy atom. The van der Waals surface area contributed by atoms with Crippen LogP contribution in [-0.2, 0) is 12.8 Å². The van der Waals surface area contributed by atoms with Crippen molar-refractivity contribution in [2.75, 3.05) is 0 Å². The van der Waals surface area contributed by atoms with Crippen LogP contribution in [0.5, 0.6) is 5.75 Å². The van der Waals surface area contributed by atoms with E-state index in [-0.39, 0.29) is 12.1 Å². The first-order valence-electron chi connectivity index (χ1n) is 6.74. The summed E-state index contributed by atoms with van der Waals surface area (Å²) in [6.45, 7) is 4.14. The van der Waals surface area contributed by atoms with Gasteiger partial charge in [-0.3, -0.25) is 0 Å². The Kier molecular flexibility index (Phi) is 4.06. The zero-order chi connectivity index (χ0) is 12.3. The topological polar surface area (TPSA) is 35.2 Å². The smallest absolute Gasteiger partial charge is 0.120 e. The highest BCUT2D eigenvalue weighted by Gasteiger charge is 2.14. The van der Waals surface area contributed by atoms with Gasteiger partial charge in [-0.1, -0.05) is 13.0 Å². The van der Waals surface area contributed by atoms with Gasteiger partial charge in [0.2, 0.25) is 0 Å². The molecule has 2 atom stereocenters. The molecular weight excluding hydrogens is 210 g/mol. The summed E-state index contributed by atoms with van der Waals surface area (Å²) >= 11 is 0. The summed E-state index contributed by atoms with van der Waals surface area (Å²) in [6, 6.07) is 6.62. The third-order valence-electron chi connectivity index (χ3n) is 3.72. The molecule has 2 heteroatoms. The van der Waals surface area contributed by atoms with Crippen molar-refractivity contribution in [3.8, 4) is 5.75 Å². The Morgan fingerprint density at radius 2 is 1.94 bits per heavy atom. The number of ether oxygens (including phenoxy) is 1. The van der Waals surface area contributed by atoms with Crippen molar-refractivity contribution in [2.45, 2.75) is 58.1 Å². The van der Waals surface area contributed by atoms with Gasteiger partial charge in [0, 0.05) is 6.04 Å². The van der Waals surface area contributed by atoms with Gasteiger partial charge in [-0.15, -0.1) is 0 Å². The van der Waals surface area contributed by atoms with E-state index in [0.717, 1.165) is 12.2 Å². The van der Waals surface area contributed by atoms with E-state index < -0.39 is 0 Å². The van der Waals surface area contributed by atoms with Crippen molar-refractivity contribution >= 4 is 0 Å². The predicted molar refractivity (Wildman–Crippen MR) is 71.4 cm³/mol. The fraction of sp³-hybridized carbons (Fsp3) is 0.600. The lowest BCUT2D eigenvalue weighted by molar-refractivity contribution is 0.187. The van der Waals surface area contributed by atoms with Gasteiger partial charge in [-0.05, 0) is 62.3 Å². The number of nitrogens with two attached hydrogens (primary N) is 1. The van der Waals surface area contributed by atoms with E-state index in [4.69, 9.17) is 10.5 Å². The van der Waals surface area contributed by atoms with E-state index in [0.29, 0.717) is 0 Å². The normalized spacial score (nSPS) is 18.3. The molecule has 0 spiro atoms. The predicted octanol–water partition coefficient (Wildman–Crippen LogP) is 3.07. The lowest BCUT2D eigenvalue weighted by Crippen LogP contribution is -2.35. The van der Waals surface area contributed by atoms with Crippen molar-refractivity contribution in [1.29, 1.82) is 0 Å². The largest absolute Gasteiger partial charge is 0.489 e. The summed E-state index contributed by atoms with van der Waals surface area (Å²) in [5.41, 5.74) is 8.94. The van der Waals surface area contributed by atoms with Gasteiger partial charge in [0.15, 0.2) is 0 Å². The third-order valence-corrected chi connectivity index (χ3v) is 3.72. The molecule has 0 aromatic heterocycles. The Bertz CT molecular complexity index is 375. The summed E-state index contributed by atoms with van der Waals surface area (Å²) in [4.78, 5) is 0. The highest BCUT2D eigenvalue weighted by atomic mass is 16.5. The minimum absolute atomic E-state index is 0.0849. The van der Waals surface area contributed by atoms with Crippen molar-refractivity contribution in [3.05, 3.63) is 29.3 Å². The van der Waals surface area contributed by atoms with E-state index in [9.17, 15) is 0 Å². The summed E-state index contributed by atoms with van der Waals surface area (Å²) in [5.74, 6) is 0.974. The lowest BCUT2D eigenvalue weighted by atomic mass is 9.92. The Hall–Kier alpha value is -1.02. The van der Waals surface area contributed by atoms with E-state index >= 15 is 0 Å². The summed E-state index contributed by atoms with van der Waals surface area (Å²) in [7, 11) is 0. The molecule has 1 aliphatic rings. The summed E-state index contributed by atoms with van der Waals surface area (Å²) in [5, 5.41) is 0. The zero-order valence-corrected chi connectivity index (χ0v) is 10.9. The minimum atomic E-state index is 0.0849. The van der Waals surface area contributed by atoms with E-state index in [1.54, 1.807) is 0 Å². The highest BCUT2D eigenvalue weighted by molar-refractivity contribution is 5.37. The summed E-state index contributed by atoms with van der Waals surface area (Å²) < 4.78 is 5.91. The average Bonchev–Trinajstić information content (AvgIpc) is 2.37. The molecule has 1 aromatic rings. The molecule has 0 saturated carbocycles. The van der Waals surface area contributed by atoms with Gasteiger partial charge in [0.1, 0.15) is 11.9 Å². The van der Waals surface area contributed by atoms with Gasteiger partial charge >= 0.3 is 0 Å². The van der Waals surface area contributed by atoms with Gasteiger partial charge in [-0.2, -0.15) is 0 Å². The van der Waals surface area contributed by atoms with Crippen LogP contribution in [-0.4, -0.2) is 12.1 Å². The number of benzene rings is 1. The number of hydrogen-bond acceptors (Lipinski definition) is 2. The molecule has 2 N–H and O–H groups in total. The van der Waals surface area contributed by atoms with Crippen LogP contribution in [0.25, 0.3) is 0 Å². The second-order valence-corrected chi connectivity index (χ2v) is 5.03. The fourth-order valence-corrected chi connectivity index (χ4v) is 2.42. The Balaban J connectivity index is 2.06. The molecule has 0 amide bonds. The van der Waals surface area contributed by atoms with Crippen LogP contribution >= 0.6 is 0 Å². The van der Waals surface area contributed by atoms with Crippen LogP contribution in [0.3, 0.4) is 0 Å². The monoisotopic (exact) mass is 233 g/mol. The molecule has 17 heavy (non-hydrogen) atoms. The van der Waals surface area contributed by atoms with Crippen LogP contribution in [0.1, 0.15) is 44.2 Å². The average molecular weight is 233 g/mol. The molecule has 0 saturated heterocycles. The number of fused-ring (bicyclic) bond motifs is 1. The van der Waals surface area contributed by atoms with E-state index in [1.165, 1.54) is 36.8 Å². The minimum Gasteiger partial charge on any atom is -0.489 e. The van der Waals surface area contributed by atoms with Crippen LogP contribution < -0.4 is 10.5 Å². The Morgan fingerprint density at radius 1 is 1.24 bits per heavy atom. The van der Waals surface area contributed by atoms with Crippen molar-refractivity contribution in [3.63, 3.8) is 0 Å². The fourth-order valence-electron chi connectivity index (χ4n) is 2.42. The maximum absolute atomic E-state index is 5.98. The van der Waals surface area contributed by atoms with Gasteiger partial charge < -0.3 is 10.5 Å². The molecule has 0 aliphatic heterocycles. The Labute approximate surface area is 104 Å². The maximum atomic E-state index is 5.98. The highest BCUT2D eigenvalue weighted by Crippen LogP contribution is 2.26. The van der Waals surface area contributed by atoms with Gasteiger partial charge in [-0.25, -0.2) is 0 Å². The standard InChI is InChI=1S/C15H23NO/c1-3-15(16)11(2)17-14-9-8-12-6-4-5-7-13(12)10-14/h8-11,15H,3-7,16H2,1-2H3. The molecule has 94 valence electrons. The van der Waals surface area contributed by atoms with Crippen LogP contribution in [0.15, 0.2) is 18.2 Å². The van der Waals surface area contributed by atoms with Crippen molar-refractivity contribution in [2.24, 2.45) is 5.73 Å². The van der Waals surface area contributed by atoms with Crippen molar-refractivity contribution in [1.82, 2.24) is 0 Å². The first-order valence-corrected chi connectivity index (χ1v) is 6.74. The van der Waals surface area contributed by atoms with E-state index in [2.05, 4.69) is 25.1 Å². The lowest BCUT2D eigenvalue weighted by Gasteiger charge is -2.22. The molecular formula is C15H23NO. The van der Waals surface area contributed by atoms with E-state index in [1.807, 2.05) is 6.92 Å². The number of hydrogen-bond donors (Lipinski definition) is 1. The summed E-state index contributed by atoms with van der Waals surface area (Å²) in [6.07, 6.45) is 6.08. The first-order chi connectivity index (χ1) is 8.20. The van der Waals surface area contributed by atoms with Gasteiger partial charge in [0.05, 0.1) is 0 Å². The molecule has 0 bridgehead atoms. The number of aryl methyl sites for hydroxylation is 2.